The van der Waals surface area contributed by atoms with Crippen LogP contribution in [0.3, 0.4) is 0 Å². The summed E-state index contributed by atoms with van der Waals surface area (Å²) >= 11 is 12.3. The number of aromatic nitrogens is 5. The Balaban J connectivity index is 1.50. The topological polar surface area (TPSA) is 104 Å². The molecule has 8 nitrogen and oxygen atoms in total. The summed E-state index contributed by atoms with van der Waals surface area (Å²) in [6, 6.07) is 12.6. The number of nitrogens with zero attached hydrogens (tertiary/aromatic N) is 6. The Morgan fingerprint density at radius 1 is 1.03 bits per heavy atom. The van der Waals surface area contributed by atoms with Gasteiger partial charge in [-0.3, -0.25) is 0 Å². The lowest BCUT2D eigenvalue weighted by atomic mass is 10.1. The minimum atomic E-state index is 0.508. The Kier molecular flexibility index (Phi) is 5.42. The highest BCUT2D eigenvalue weighted by Crippen LogP contribution is 2.30. The first kappa shape index (κ1) is 18.9. The van der Waals surface area contributed by atoms with Crippen LogP contribution in [-0.2, 0) is 0 Å². The SMILES string of the molecule is N#Cc1ccc(NCCNc2nc(-c3ccc(Cl)cc3Cl)cc3ncnn23)nc1. The van der Waals surface area contributed by atoms with E-state index in [4.69, 9.17) is 28.5 Å². The molecule has 0 radical (unpaired) electrons. The largest absolute Gasteiger partial charge is 0.368 e. The van der Waals surface area contributed by atoms with Gasteiger partial charge in [0.1, 0.15) is 18.2 Å². The van der Waals surface area contributed by atoms with Gasteiger partial charge in [-0.2, -0.15) is 14.9 Å². The van der Waals surface area contributed by atoms with E-state index in [0.29, 0.717) is 51.8 Å². The first-order valence-electron chi connectivity index (χ1n) is 8.64. The summed E-state index contributed by atoms with van der Waals surface area (Å²) < 4.78 is 1.62. The number of pyridine rings is 1. The normalized spacial score (nSPS) is 10.7. The van der Waals surface area contributed by atoms with E-state index in [-0.39, 0.29) is 0 Å². The Morgan fingerprint density at radius 2 is 1.90 bits per heavy atom. The summed E-state index contributed by atoms with van der Waals surface area (Å²) in [4.78, 5) is 13.1. The van der Waals surface area contributed by atoms with Gasteiger partial charge < -0.3 is 10.6 Å². The lowest BCUT2D eigenvalue weighted by Gasteiger charge is -2.11. The van der Waals surface area contributed by atoms with Crippen LogP contribution in [0.15, 0.2) is 48.9 Å². The molecular formula is C19H14Cl2N8. The number of nitriles is 1. The second kappa shape index (κ2) is 8.31. The number of fused-ring (bicyclic) bond motifs is 1. The molecule has 4 rings (SSSR count). The predicted molar refractivity (Wildman–Crippen MR) is 112 cm³/mol. The summed E-state index contributed by atoms with van der Waals surface area (Å²) in [6.07, 6.45) is 2.99. The molecule has 0 aliphatic heterocycles. The van der Waals surface area contributed by atoms with E-state index in [1.54, 1.807) is 28.8 Å². The van der Waals surface area contributed by atoms with Gasteiger partial charge in [0.2, 0.25) is 5.95 Å². The molecule has 0 bridgehead atoms. The molecule has 0 aliphatic carbocycles. The molecule has 0 saturated carbocycles. The van der Waals surface area contributed by atoms with Crippen molar-refractivity contribution in [3.05, 3.63) is 64.5 Å². The molecule has 29 heavy (non-hydrogen) atoms. The molecule has 4 aromatic rings. The average molecular weight is 425 g/mol. The maximum atomic E-state index is 8.82. The smallest absolute Gasteiger partial charge is 0.226 e. The number of benzene rings is 1. The zero-order valence-corrected chi connectivity index (χ0v) is 16.5. The van der Waals surface area contributed by atoms with Crippen LogP contribution in [0.2, 0.25) is 10.0 Å². The number of nitrogens with one attached hydrogen (secondary N) is 2. The van der Waals surface area contributed by atoms with Gasteiger partial charge >= 0.3 is 0 Å². The third-order valence-electron chi connectivity index (χ3n) is 4.08. The molecule has 0 aliphatic rings. The van der Waals surface area contributed by atoms with Gasteiger partial charge in [0.15, 0.2) is 5.65 Å². The first-order chi connectivity index (χ1) is 14.1. The van der Waals surface area contributed by atoms with E-state index in [1.165, 1.54) is 12.5 Å². The summed E-state index contributed by atoms with van der Waals surface area (Å²) in [5.74, 6) is 1.22. The lowest BCUT2D eigenvalue weighted by molar-refractivity contribution is 0.906. The molecule has 3 aromatic heterocycles. The van der Waals surface area contributed by atoms with Crippen LogP contribution in [0.5, 0.6) is 0 Å². The molecule has 0 amide bonds. The van der Waals surface area contributed by atoms with Crippen molar-refractivity contribution in [3.63, 3.8) is 0 Å². The molecule has 10 heteroatoms. The van der Waals surface area contributed by atoms with Crippen LogP contribution < -0.4 is 10.6 Å². The van der Waals surface area contributed by atoms with Crippen molar-refractivity contribution < 1.29 is 0 Å². The highest BCUT2D eigenvalue weighted by atomic mass is 35.5. The zero-order chi connectivity index (χ0) is 20.2. The fraction of sp³-hybridized carbons (Fsp3) is 0.105. The number of hydrogen-bond acceptors (Lipinski definition) is 7. The maximum absolute atomic E-state index is 8.82. The second-order valence-electron chi connectivity index (χ2n) is 6.02. The Morgan fingerprint density at radius 3 is 2.66 bits per heavy atom. The third-order valence-corrected chi connectivity index (χ3v) is 4.63. The van der Waals surface area contributed by atoms with Gasteiger partial charge in [0, 0.05) is 35.9 Å². The fourth-order valence-corrected chi connectivity index (χ4v) is 3.21. The quantitative estimate of drug-likeness (QED) is 0.452. The molecule has 3 heterocycles. The van der Waals surface area contributed by atoms with Gasteiger partial charge in [0.25, 0.3) is 0 Å². The Hall–Kier alpha value is -3.41. The van der Waals surface area contributed by atoms with Gasteiger partial charge in [-0.25, -0.2) is 15.0 Å². The van der Waals surface area contributed by atoms with Crippen LogP contribution in [0, 0.1) is 11.3 Å². The van der Waals surface area contributed by atoms with Crippen LogP contribution >= 0.6 is 23.2 Å². The van der Waals surface area contributed by atoms with E-state index >= 15 is 0 Å². The van der Waals surface area contributed by atoms with Gasteiger partial charge in [-0.1, -0.05) is 23.2 Å². The monoisotopic (exact) mass is 424 g/mol. The number of hydrogen-bond donors (Lipinski definition) is 2. The lowest BCUT2D eigenvalue weighted by Crippen LogP contribution is -2.17. The van der Waals surface area contributed by atoms with Gasteiger partial charge in [-0.05, 0) is 30.3 Å². The van der Waals surface area contributed by atoms with Gasteiger partial charge in [0.05, 0.1) is 16.3 Å². The zero-order valence-electron chi connectivity index (χ0n) is 15.0. The van der Waals surface area contributed by atoms with Crippen molar-refractivity contribution in [3.8, 4) is 17.3 Å². The molecule has 0 spiro atoms. The molecular weight excluding hydrogens is 411 g/mol. The average Bonchev–Trinajstić information content (AvgIpc) is 3.20. The maximum Gasteiger partial charge on any atom is 0.226 e. The summed E-state index contributed by atoms with van der Waals surface area (Å²) in [5, 5.41) is 20.5. The number of rotatable bonds is 6. The Bertz CT molecular complexity index is 1200. The fourth-order valence-electron chi connectivity index (χ4n) is 2.71. The summed E-state index contributed by atoms with van der Waals surface area (Å²) in [6.45, 7) is 1.14. The van der Waals surface area contributed by atoms with E-state index in [0.717, 1.165) is 5.56 Å². The van der Waals surface area contributed by atoms with Crippen molar-refractivity contribution in [2.24, 2.45) is 0 Å². The predicted octanol–water partition coefficient (Wildman–Crippen LogP) is 3.89. The van der Waals surface area contributed by atoms with Crippen molar-refractivity contribution in [1.29, 1.82) is 5.26 Å². The molecule has 1 aromatic carbocycles. The minimum Gasteiger partial charge on any atom is -0.368 e. The summed E-state index contributed by atoms with van der Waals surface area (Å²) in [5.41, 5.74) is 2.58. The Labute approximate surface area is 176 Å². The molecule has 0 atom stereocenters. The standard InChI is InChI=1S/C19H14Cl2N8/c20-13-2-3-14(15(21)7-13)16-8-18-26-11-27-29(18)19(28-16)24-6-5-23-17-4-1-12(9-22)10-25-17/h1-4,7-8,10-11H,5-6H2,(H,23,25)(H,24,28). The minimum absolute atomic E-state index is 0.508. The van der Waals surface area contributed by atoms with E-state index in [1.807, 2.05) is 18.2 Å². The van der Waals surface area contributed by atoms with E-state index in [9.17, 15) is 0 Å². The third kappa shape index (κ3) is 4.21. The molecule has 144 valence electrons. The van der Waals surface area contributed by atoms with E-state index < -0.39 is 0 Å². The van der Waals surface area contributed by atoms with E-state index in [2.05, 4.69) is 30.7 Å². The molecule has 2 N–H and O–H groups in total. The van der Waals surface area contributed by atoms with Crippen molar-refractivity contribution in [2.45, 2.75) is 0 Å². The van der Waals surface area contributed by atoms with Crippen LogP contribution in [0.1, 0.15) is 5.56 Å². The van der Waals surface area contributed by atoms with Gasteiger partial charge in [-0.15, -0.1) is 0 Å². The highest BCUT2D eigenvalue weighted by Gasteiger charge is 2.12. The number of halogens is 2. The molecule has 0 saturated heterocycles. The molecule has 0 fully saturated rings. The van der Waals surface area contributed by atoms with Crippen molar-refractivity contribution in [1.82, 2.24) is 24.6 Å². The first-order valence-corrected chi connectivity index (χ1v) is 9.40. The number of anilines is 2. The summed E-state index contributed by atoms with van der Waals surface area (Å²) in [7, 11) is 0. The van der Waals surface area contributed by atoms with Crippen LogP contribution in [-0.4, -0.2) is 37.7 Å². The molecule has 0 unspecified atom stereocenters. The van der Waals surface area contributed by atoms with Crippen molar-refractivity contribution in [2.75, 3.05) is 23.7 Å². The van der Waals surface area contributed by atoms with Crippen LogP contribution in [0.25, 0.3) is 16.9 Å². The van der Waals surface area contributed by atoms with Crippen LogP contribution in [0.4, 0.5) is 11.8 Å². The highest BCUT2D eigenvalue weighted by molar-refractivity contribution is 6.36. The second-order valence-corrected chi connectivity index (χ2v) is 6.86. The van der Waals surface area contributed by atoms with Crippen molar-refractivity contribution >= 4 is 40.6 Å².